The second-order valence-electron chi connectivity index (χ2n) is 7.45. The van der Waals surface area contributed by atoms with Crippen LogP contribution in [0.4, 0.5) is 0 Å². The number of carbonyl (C=O) groups is 1. The zero-order chi connectivity index (χ0) is 17.5. The summed E-state index contributed by atoms with van der Waals surface area (Å²) in [6, 6.07) is 2.01. The number of hydrogen-bond acceptors (Lipinski definition) is 4. The van der Waals surface area contributed by atoms with Gasteiger partial charge in [0.2, 0.25) is 5.91 Å². The van der Waals surface area contributed by atoms with Crippen LogP contribution in [0.15, 0.2) is 20.7 Å². The van der Waals surface area contributed by atoms with Gasteiger partial charge in [-0.05, 0) is 31.7 Å². The average Bonchev–Trinajstić information content (AvgIpc) is 2.98. The summed E-state index contributed by atoms with van der Waals surface area (Å²) in [5.74, 6) is 1.84. The SMILES string of the molecule is Cc1cc2c(o1)CC(C)(C)CC2NC(=O)CCn1c(C)csc1=O. The van der Waals surface area contributed by atoms with Crippen LogP contribution in [0.5, 0.6) is 0 Å². The zero-order valence-electron chi connectivity index (χ0n) is 14.6. The van der Waals surface area contributed by atoms with Crippen LogP contribution >= 0.6 is 11.3 Å². The summed E-state index contributed by atoms with van der Waals surface area (Å²) in [4.78, 5) is 24.1. The van der Waals surface area contributed by atoms with Crippen molar-refractivity contribution < 1.29 is 9.21 Å². The fourth-order valence-electron chi connectivity index (χ4n) is 3.47. The van der Waals surface area contributed by atoms with Crippen molar-refractivity contribution in [3.63, 3.8) is 0 Å². The van der Waals surface area contributed by atoms with E-state index in [0.717, 1.165) is 35.6 Å². The number of rotatable bonds is 4. The first-order chi connectivity index (χ1) is 11.2. The summed E-state index contributed by atoms with van der Waals surface area (Å²) in [7, 11) is 0. The maximum atomic E-state index is 12.4. The van der Waals surface area contributed by atoms with Crippen molar-refractivity contribution in [3.05, 3.63) is 43.9 Å². The predicted molar refractivity (Wildman–Crippen MR) is 94.4 cm³/mol. The molecular weight excluding hydrogens is 324 g/mol. The molecule has 2 aromatic heterocycles. The highest BCUT2D eigenvalue weighted by Crippen LogP contribution is 2.42. The second-order valence-corrected chi connectivity index (χ2v) is 8.27. The van der Waals surface area contributed by atoms with Crippen LogP contribution in [0.2, 0.25) is 0 Å². The van der Waals surface area contributed by atoms with E-state index in [2.05, 4.69) is 19.2 Å². The Morgan fingerprint density at radius 2 is 2.21 bits per heavy atom. The molecule has 1 N–H and O–H groups in total. The highest BCUT2D eigenvalue weighted by molar-refractivity contribution is 7.07. The first kappa shape index (κ1) is 17.0. The Balaban J connectivity index is 1.69. The molecule has 130 valence electrons. The maximum absolute atomic E-state index is 12.4. The number of aryl methyl sites for hydroxylation is 2. The summed E-state index contributed by atoms with van der Waals surface area (Å²) in [5.41, 5.74) is 2.10. The Morgan fingerprint density at radius 1 is 1.46 bits per heavy atom. The Labute approximate surface area is 145 Å². The molecule has 3 rings (SSSR count). The predicted octanol–water partition coefficient (Wildman–Crippen LogP) is 3.34. The third-order valence-electron chi connectivity index (χ3n) is 4.61. The molecular formula is C18H24N2O3S. The largest absolute Gasteiger partial charge is 0.466 e. The quantitative estimate of drug-likeness (QED) is 0.922. The number of fused-ring (bicyclic) bond motifs is 1. The van der Waals surface area contributed by atoms with Gasteiger partial charge in [-0.3, -0.25) is 9.59 Å². The molecule has 2 aromatic rings. The molecule has 1 aliphatic carbocycles. The van der Waals surface area contributed by atoms with Crippen molar-refractivity contribution in [2.75, 3.05) is 0 Å². The number of nitrogens with zero attached hydrogens (tertiary/aromatic N) is 1. The Kier molecular flexibility index (Phi) is 4.42. The van der Waals surface area contributed by atoms with Gasteiger partial charge in [-0.1, -0.05) is 25.2 Å². The van der Waals surface area contributed by atoms with E-state index in [1.807, 2.05) is 25.3 Å². The van der Waals surface area contributed by atoms with Crippen LogP contribution in [0, 0.1) is 19.3 Å². The second kappa shape index (κ2) is 6.24. The Morgan fingerprint density at radius 3 is 2.88 bits per heavy atom. The number of hydrogen-bond donors (Lipinski definition) is 1. The summed E-state index contributed by atoms with van der Waals surface area (Å²) in [6.45, 7) is 8.64. The third kappa shape index (κ3) is 3.48. The van der Waals surface area contributed by atoms with E-state index >= 15 is 0 Å². The molecule has 0 saturated heterocycles. The van der Waals surface area contributed by atoms with Crippen molar-refractivity contribution >= 4 is 17.2 Å². The molecule has 0 spiro atoms. The lowest BCUT2D eigenvalue weighted by molar-refractivity contribution is -0.122. The first-order valence-corrected chi connectivity index (χ1v) is 9.17. The van der Waals surface area contributed by atoms with Crippen molar-refractivity contribution in [1.29, 1.82) is 0 Å². The smallest absolute Gasteiger partial charge is 0.307 e. The number of furan rings is 1. The lowest BCUT2D eigenvalue weighted by Crippen LogP contribution is -2.36. The minimum atomic E-state index is -0.0278. The third-order valence-corrected chi connectivity index (χ3v) is 5.49. The number of thiazole rings is 1. The van der Waals surface area contributed by atoms with E-state index in [1.54, 1.807) is 4.57 Å². The van der Waals surface area contributed by atoms with Crippen molar-refractivity contribution in [2.24, 2.45) is 5.41 Å². The number of carbonyl (C=O) groups excluding carboxylic acids is 1. The topological polar surface area (TPSA) is 64.2 Å². The standard InChI is InChI=1S/C18H24N2O3S/c1-11-10-24-17(22)20(11)6-5-16(21)19-14-8-18(3,4)9-15-13(14)7-12(2)23-15/h7,10,14H,5-6,8-9H2,1-4H3,(H,19,21). The minimum absolute atomic E-state index is 0.00755. The van der Waals surface area contributed by atoms with Crippen LogP contribution in [0.25, 0.3) is 0 Å². The highest BCUT2D eigenvalue weighted by atomic mass is 32.1. The van der Waals surface area contributed by atoms with E-state index in [4.69, 9.17) is 4.42 Å². The van der Waals surface area contributed by atoms with Crippen molar-refractivity contribution in [2.45, 2.75) is 59.5 Å². The molecule has 0 aromatic carbocycles. The normalized spacial score (nSPS) is 19.1. The molecule has 2 heterocycles. The zero-order valence-corrected chi connectivity index (χ0v) is 15.5. The fourth-order valence-corrected chi connectivity index (χ4v) is 4.23. The molecule has 1 unspecified atom stereocenters. The molecule has 0 radical (unpaired) electrons. The van der Waals surface area contributed by atoms with E-state index in [-0.39, 0.29) is 22.2 Å². The molecule has 24 heavy (non-hydrogen) atoms. The highest BCUT2D eigenvalue weighted by Gasteiger charge is 2.35. The lowest BCUT2D eigenvalue weighted by atomic mass is 9.74. The van der Waals surface area contributed by atoms with Gasteiger partial charge in [0, 0.05) is 36.0 Å². The van der Waals surface area contributed by atoms with Gasteiger partial charge in [0.25, 0.3) is 0 Å². The van der Waals surface area contributed by atoms with Gasteiger partial charge in [0.15, 0.2) is 0 Å². The molecule has 1 amide bonds. The van der Waals surface area contributed by atoms with Gasteiger partial charge in [-0.2, -0.15) is 0 Å². The van der Waals surface area contributed by atoms with E-state index in [0.29, 0.717) is 13.0 Å². The van der Waals surface area contributed by atoms with Gasteiger partial charge >= 0.3 is 4.87 Å². The Bertz CT molecular complexity index is 813. The number of nitrogens with one attached hydrogen (secondary N) is 1. The lowest BCUT2D eigenvalue weighted by Gasteiger charge is -2.34. The van der Waals surface area contributed by atoms with E-state index < -0.39 is 0 Å². The van der Waals surface area contributed by atoms with Gasteiger partial charge in [0.05, 0.1) is 6.04 Å². The fraction of sp³-hybridized carbons (Fsp3) is 0.556. The molecule has 0 saturated carbocycles. The summed E-state index contributed by atoms with van der Waals surface area (Å²) >= 11 is 1.17. The van der Waals surface area contributed by atoms with Crippen molar-refractivity contribution in [3.8, 4) is 0 Å². The summed E-state index contributed by atoms with van der Waals surface area (Å²) in [6.07, 6.45) is 2.09. The number of amides is 1. The summed E-state index contributed by atoms with van der Waals surface area (Å²) in [5, 5.41) is 4.96. The van der Waals surface area contributed by atoms with Gasteiger partial charge in [0.1, 0.15) is 11.5 Å². The maximum Gasteiger partial charge on any atom is 0.307 e. The van der Waals surface area contributed by atoms with E-state index in [9.17, 15) is 9.59 Å². The molecule has 0 bridgehead atoms. The molecule has 1 aliphatic rings. The van der Waals surface area contributed by atoms with Crippen LogP contribution in [0.1, 0.15) is 55.5 Å². The Hall–Kier alpha value is -1.82. The van der Waals surface area contributed by atoms with E-state index in [1.165, 1.54) is 11.3 Å². The van der Waals surface area contributed by atoms with Gasteiger partial charge in [-0.15, -0.1) is 0 Å². The van der Waals surface area contributed by atoms with Crippen LogP contribution < -0.4 is 10.2 Å². The van der Waals surface area contributed by atoms with Gasteiger partial charge < -0.3 is 14.3 Å². The van der Waals surface area contributed by atoms with Crippen LogP contribution in [-0.4, -0.2) is 10.5 Å². The number of aromatic nitrogens is 1. The van der Waals surface area contributed by atoms with Gasteiger partial charge in [-0.25, -0.2) is 0 Å². The first-order valence-electron chi connectivity index (χ1n) is 8.29. The molecule has 0 fully saturated rings. The monoisotopic (exact) mass is 348 g/mol. The molecule has 1 atom stereocenters. The van der Waals surface area contributed by atoms with Crippen LogP contribution in [0.3, 0.4) is 0 Å². The average molecular weight is 348 g/mol. The molecule has 6 heteroatoms. The summed E-state index contributed by atoms with van der Waals surface area (Å²) < 4.78 is 7.46. The minimum Gasteiger partial charge on any atom is -0.466 e. The van der Waals surface area contributed by atoms with Crippen LogP contribution in [-0.2, 0) is 17.8 Å². The molecule has 0 aliphatic heterocycles. The molecule has 5 nitrogen and oxygen atoms in total. The van der Waals surface area contributed by atoms with Crippen molar-refractivity contribution in [1.82, 2.24) is 9.88 Å².